The van der Waals surface area contributed by atoms with Gasteiger partial charge < -0.3 is 9.73 Å². The highest BCUT2D eigenvalue weighted by atomic mass is 16.3. The molecule has 4 nitrogen and oxygen atoms in total. The van der Waals surface area contributed by atoms with E-state index in [1.807, 2.05) is 25.4 Å². The first-order chi connectivity index (χ1) is 9.31. The van der Waals surface area contributed by atoms with Crippen molar-refractivity contribution in [1.29, 1.82) is 0 Å². The molecule has 3 rings (SSSR count). The number of nitrogens with one attached hydrogen (secondary N) is 1. The highest BCUT2D eigenvalue weighted by Crippen LogP contribution is 2.29. The predicted molar refractivity (Wildman–Crippen MR) is 73.9 cm³/mol. The molecule has 0 saturated carbocycles. The number of nitrogens with zero attached hydrogens (tertiary/aromatic N) is 2. The zero-order valence-corrected chi connectivity index (χ0v) is 11.4. The molecule has 0 bridgehead atoms. The van der Waals surface area contributed by atoms with E-state index < -0.39 is 0 Å². The molecule has 100 valence electrons. The zero-order valence-electron chi connectivity index (χ0n) is 11.4. The average molecular weight is 257 g/mol. The fourth-order valence-corrected chi connectivity index (χ4v) is 2.65. The maximum atomic E-state index is 5.72. The molecule has 1 unspecified atom stereocenters. The number of aryl methyl sites for hydroxylation is 2. The zero-order chi connectivity index (χ0) is 13.2. The van der Waals surface area contributed by atoms with Crippen LogP contribution in [-0.2, 0) is 12.8 Å². The van der Waals surface area contributed by atoms with Gasteiger partial charge in [0.2, 0.25) is 0 Å². The van der Waals surface area contributed by atoms with Gasteiger partial charge >= 0.3 is 0 Å². The molecule has 1 aliphatic rings. The van der Waals surface area contributed by atoms with Gasteiger partial charge in [0, 0.05) is 29.9 Å². The molecule has 0 amide bonds. The van der Waals surface area contributed by atoms with Crippen molar-refractivity contribution in [1.82, 2.24) is 15.3 Å². The molecule has 0 fully saturated rings. The minimum Gasteiger partial charge on any atom is -0.458 e. The molecule has 1 N–H and O–H groups in total. The minimum absolute atomic E-state index is 0.389. The van der Waals surface area contributed by atoms with Crippen molar-refractivity contribution in [2.24, 2.45) is 0 Å². The molecule has 2 aromatic rings. The van der Waals surface area contributed by atoms with Crippen molar-refractivity contribution in [2.75, 3.05) is 7.05 Å². The van der Waals surface area contributed by atoms with Crippen LogP contribution >= 0.6 is 0 Å². The molecule has 0 radical (unpaired) electrons. The maximum Gasteiger partial charge on any atom is 0.195 e. The van der Waals surface area contributed by atoms with Crippen LogP contribution in [0.15, 0.2) is 22.7 Å². The van der Waals surface area contributed by atoms with Crippen molar-refractivity contribution in [3.05, 3.63) is 35.3 Å². The first-order valence-corrected chi connectivity index (χ1v) is 6.94. The molecule has 1 aliphatic carbocycles. The maximum absolute atomic E-state index is 5.72. The lowest BCUT2D eigenvalue weighted by Gasteiger charge is -2.23. The minimum atomic E-state index is 0.389. The van der Waals surface area contributed by atoms with Crippen molar-refractivity contribution in [3.63, 3.8) is 0 Å². The Morgan fingerprint density at radius 2 is 2.32 bits per heavy atom. The van der Waals surface area contributed by atoms with Crippen LogP contribution in [0.4, 0.5) is 0 Å². The van der Waals surface area contributed by atoms with Gasteiger partial charge in [-0.1, -0.05) is 6.92 Å². The predicted octanol–water partition coefficient (Wildman–Crippen LogP) is 2.90. The number of fused-ring (bicyclic) bond motifs is 1. The van der Waals surface area contributed by atoms with Crippen LogP contribution in [0.5, 0.6) is 0 Å². The van der Waals surface area contributed by atoms with E-state index in [1.54, 1.807) is 0 Å². The fourth-order valence-electron chi connectivity index (χ4n) is 2.65. The van der Waals surface area contributed by atoms with Gasteiger partial charge in [-0.25, -0.2) is 9.97 Å². The summed E-state index contributed by atoms with van der Waals surface area (Å²) < 4.78 is 5.72. The molecule has 0 saturated heterocycles. The lowest BCUT2D eigenvalue weighted by Crippen LogP contribution is -2.22. The van der Waals surface area contributed by atoms with Crippen LogP contribution < -0.4 is 5.32 Å². The van der Waals surface area contributed by atoms with Crippen molar-refractivity contribution >= 4 is 0 Å². The summed E-state index contributed by atoms with van der Waals surface area (Å²) in [5.41, 5.74) is 2.39. The molecule has 2 heterocycles. The van der Waals surface area contributed by atoms with E-state index >= 15 is 0 Å². The van der Waals surface area contributed by atoms with Crippen LogP contribution in [0.2, 0.25) is 0 Å². The summed E-state index contributed by atoms with van der Waals surface area (Å²) in [5.74, 6) is 2.45. The molecular formula is C15H19N3O. The summed E-state index contributed by atoms with van der Waals surface area (Å²) in [5, 5.41) is 3.33. The van der Waals surface area contributed by atoms with Crippen molar-refractivity contribution in [2.45, 2.75) is 38.6 Å². The monoisotopic (exact) mass is 257 g/mol. The Hall–Kier alpha value is -1.68. The normalized spacial score (nSPS) is 18.3. The highest BCUT2D eigenvalue weighted by molar-refractivity contribution is 5.48. The average Bonchev–Trinajstić information content (AvgIpc) is 2.95. The van der Waals surface area contributed by atoms with Crippen molar-refractivity contribution in [3.8, 4) is 11.6 Å². The molecule has 19 heavy (non-hydrogen) atoms. The van der Waals surface area contributed by atoms with E-state index in [4.69, 9.17) is 4.42 Å². The third kappa shape index (κ3) is 2.28. The summed E-state index contributed by atoms with van der Waals surface area (Å²) in [6, 6.07) is 4.34. The topological polar surface area (TPSA) is 51.0 Å². The van der Waals surface area contributed by atoms with Crippen LogP contribution in [0.3, 0.4) is 0 Å². The summed E-state index contributed by atoms with van der Waals surface area (Å²) in [6.45, 7) is 2.08. The molecule has 2 aromatic heterocycles. The smallest absolute Gasteiger partial charge is 0.195 e. The Morgan fingerprint density at radius 1 is 1.42 bits per heavy atom. The van der Waals surface area contributed by atoms with E-state index in [0.717, 1.165) is 36.5 Å². The number of aromatic nitrogens is 2. The van der Waals surface area contributed by atoms with E-state index in [-0.39, 0.29) is 0 Å². The third-order valence-corrected chi connectivity index (χ3v) is 3.76. The Morgan fingerprint density at radius 3 is 3.05 bits per heavy atom. The lowest BCUT2D eigenvalue weighted by atomic mass is 9.92. The molecule has 0 aromatic carbocycles. The van der Waals surface area contributed by atoms with E-state index in [0.29, 0.717) is 11.9 Å². The number of hydrogen-bond donors (Lipinski definition) is 1. The summed E-state index contributed by atoms with van der Waals surface area (Å²) in [7, 11) is 1.99. The summed E-state index contributed by atoms with van der Waals surface area (Å²) in [6.07, 6.45) is 6.21. The summed E-state index contributed by atoms with van der Waals surface area (Å²) >= 11 is 0. The van der Waals surface area contributed by atoms with E-state index in [2.05, 4.69) is 22.2 Å². The Balaban J connectivity index is 1.96. The van der Waals surface area contributed by atoms with Crippen LogP contribution in [0.25, 0.3) is 11.6 Å². The van der Waals surface area contributed by atoms with Crippen LogP contribution in [0.1, 0.15) is 42.8 Å². The molecule has 0 aliphatic heterocycles. The first kappa shape index (κ1) is 12.4. The quantitative estimate of drug-likeness (QED) is 0.918. The number of hydrogen-bond acceptors (Lipinski definition) is 4. The second-order valence-electron chi connectivity index (χ2n) is 4.95. The fraction of sp³-hybridized carbons (Fsp3) is 0.467. The van der Waals surface area contributed by atoms with Crippen LogP contribution in [0, 0.1) is 0 Å². The standard InChI is InChI=1S/C15H19N3O/c1-3-10-7-8-14(19-10)15-17-9-11-12(16-2)5-4-6-13(11)18-15/h7-9,12,16H,3-6H2,1-2H3. The van der Waals surface area contributed by atoms with Gasteiger partial charge in [-0.2, -0.15) is 0 Å². The second-order valence-corrected chi connectivity index (χ2v) is 4.95. The Labute approximate surface area is 113 Å². The van der Waals surface area contributed by atoms with Crippen molar-refractivity contribution < 1.29 is 4.42 Å². The number of rotatable bonds is 3. The second kappa shape index (κ2) is 5.13. The van der Waals surface area contributed by atoms with Gasteiger partial charge in [0.1, 0.15) is 5.76 Å². The lowest BCUT2D eigenvalue weighted by molar-refractivity contribution is 0.485. The van der Waals surface area contributed by atoms with Gasteiger partial charge in [-0.05, 0) is 38.4 Å². The highest BCUT2D eigenvalue weighted by Gasteiger charge is 2.21. The summed E-state index contributed by atoms with van der Waals surface area (Å²) in [4.78, 5) is 9.15. The molecule has 0 spiro atoms. The van der Waals surface area contributed by atoms with Gasteiger partial charge in [-0.3, -0.25) is 0 Å². The number of furan rings is 1. The third-order valence-electron chi connectivity index (χ3n) is 3.76. The Kier molecular flexibility index (Phi) is 3.34. The molecule has 4 heteroatoms. The largest absolute Gasteiger partial charge is 0.458 e. The van der Waals surface area contributed by atoms with Gasteiger partial charge in [0.25, 0.3) is 0 Å². The molecule has 1 atom stereocenters. The van der Waals surface area contributed by atoms with Crippen LogP contribution in [-0.4, -0.2) is 17.0 Å². The van der Waals surface area contributed by atoms with Gasteiger partial charge in [0.15, 0.2) is 11.6 Å². The first-order valence-electron chi connectivity index (χ1n) is 6.94. The molecular weight excluding hydrogens is 238 g/mol. The Bertz CT molecular complexity index is 577. The SMILES string of the molecule is CCc1ccc(-c2ncc3c(n2)CCCC3NC)o1. The van der Waals surface area contributed by atoms with E-state index in [1.165, 1.54) is 12.0 Å². The van der Waals surface area contributed by atoms with Gasteiger partial charge in [-0.15, -0.1) is 0 Å². The van der Waals surface area contributed by atoms with E-state index in [9.17, 15) is 0 Å². The van der Waals surface area contributed by atoms with Gasteiger partial charge in [0.05, 0.1) is 0 Å².